The summed E-state index contributed by atoms with van der Waals surface area (Å²) in [6, 6.07) is 2.48. The normalized spacial score (nSPS) is 23.7. The molecule has 1 saturated carbocycles. The van der Waals surface area contributed by atoms with E-state index in [4.69, 9.17) is 0 Å². The predicted octanol–water partition coefficient (Wildman–Crippen LogP) is 2.19. The third-order valence-corrected chi connectivity index (χ3v) is 4.40. The van der Waals surface area contributed by atoms with E-state index in [1.807, 2.05) is 6.20 Å². The van der Waals surface area contributed by atoms with E-state index in [1.165, 1.54) is 24.8 Å². The van der Waals surface area contributed by atoms with Crippen LogP contribution in [0.2, 0.25) is 0 Å². The standard InChI is InChI=1S/C16H25N5/c1-13-5-2-3-6-15(13)19-16-11-14(12-18-20-16)21-9-4-7-17-8-10-21/h11-12,15,17H,1-10H2,(H,19,20). The number of anilines is 2. The second-order valence-corrected chi connectivity index (χ2v) is 5.99. The van der Waals surface area contributed by atoms with Gasteiger partial charge in [-0.25, -0.2) is 0 Å². The Morgan fingerprint density at radius 3 is 3.10 bits per heavy atom. The highest BCUT2D eigenvalue weighted by Gasteiger charge is 2.18. The molecule has 2 aliphatic rings. The lowest BCUT2D eigenvalue weighted by atomic mass is 9.91. The lowest BCUT2D eigenvalue weighted by molar-refractivity contribution is 0.558. The molecule has 2 fully saturated rings. The molecule has 1 unspecified atom stereocenters. The molecule has 114 valence electrons. The number of hydrogen-bond donors (Lipinski definition) is 2. The lowest BCUT2D eigenvalue weighted by Gasteiger charge is -2.27. The summed E-state index contributed by atoms with van der Waals surface area (Å²) < 4.78 is 0. The van der Waals surface area contributed by atoms with E-state index in [2.05, 4.69) is 38.4 Å². The van der Waals surface area contributed by atoms with Gasteiger partial charge in [-0.1, -0.05) is 18.6 Å². The number of rotatable bonds is 3. The van der Waals surface area contributed by atoms with Crippen LogP contribution in [0.25, 0.3) is 0 Å². The quantitative estimate of drug-likeness (QED) is 0.835. The van der Waals surface area contributed by atoms with Gasteiger partial charge in [0, 0.05) is 31.7 Å². The van der Waals surface area contributed by atoms with Crippen LogP contribution >= 0.6 is 0 Å². The number of nitrogens with one attached hydrogen (secondary N) is 2. The van der Waals surface area contributed by atoms with Gasteiger partial charge in [-0.3, -0.25) is 0 Å². The van der Waals surface area contributed by atoms with E-state index in [9.17, 15) is 0 Å². The lowest BCUT2D eigenvalue weighted by Crippen LogP contribution is -2.29. The zero-order chi connectivity index (χ0) is 14.5. The van der Waals surface area contributed by atoms with Gasteiger partial charge in [-0.05, 0) is 32.2 Å². The summed E-state index contributed by atoms with van der Waals surface area (Å²) in [6.45, 7) is 8.43. The van der Waals surface area contributed by atoms with Crippen molar-refractivity contribution in [3.05, 3.63) is 24.4 Å². The number of hydrogen-bond acceptors (Lipinski definition) is 5. The molecule has 5 heteroatoms. The molecule has 0 radical (unpaired) electrons. The van der Waals surface area contributed by atoms with Crippen molar-refractivity contribution in [1.29, 1.82) is 0 Å². The van der Waals surface area contributed by atoms with Gasteiger partial charge in [0.2, 0.25) is 0 Å². The first-order valence-corrected chi connectivity index (χ1v) is 8.05. The first-order chi connectivity index (χ1) is 10.3. The smallest absolute Gasteiger partial charge is 0.151 e. The molecule has 3 rings (SSSR count). The van der Waals surface area contributed by atoms with Gasteiger partial charge < -0.3 is 15.5 Å². The Labute approximate surface area is 126 Å². The molecule has 21 heavy (non-hydrogen) atoms. The molecule has 2 N–H and O–H groups in total. The molecule has 1 atom stereocenters. The summed E-state index contributed by atoms with van der Waals surface area (Å²) in [5.74, 6) is 0.873. The van der Waals surface area contributed by atoms with Crippen LogP contribution in [0, 0.1) is 0 Å². The van der Waals surface area contributed by atoms with Crippen LogP contribution < -0.4 is 15.5 Å². The molecule has 0 aromatic carbocycles. The average molecular weight is 287 g/mol. The molecule has 0 amide bonds. The van der Waals surface area contributed by atoms with Crippen LogP contribution in [-0.2, 0) is 0 Å². The Kier molecular flexibility index (Phi) is 4.70. The van der Waals surface area contributed by atoms with Gasteiger partial charge >= 0.3 is 0 Å². The van der Waals surface area contributed by atoms with Gasteiger partial charge in [-0.2, -0.15) is 5.10 Å². The fourth-order valence-corrected chi connectivity index (χ4v) is 3.14. The minimum atomic E-state index is 0.356. The average Bonchev–Trinajstić information content (AvgIpc) is 2.79. The SMILES string of the molecule is C=C1CCCCC1Nc1cc(N2CCCNCC2)cnn1. The first kappa shape index (κ1) is 14.3. The van der Waals surface area contributed by atoms with E-state index in [1.54, 1.807) is 0 Å². The van der Waals surface area contributed by atoms with E-state index in [0.717, 1.165) is 50.5 Å². The second kappa shape index (κ2) is 6.89. The topological polar surface area (TPSA) is 53.1 Å². The number of aromatic nitrogens is 2. The molecule has 1 aliphatic carbocycles. The maximum atomic E-state index is 4.24. The molecular formula is C16H25N5. The van der Waals surface area contributed by atoms with Gasteiger partial charge in [0.05, 0.1) is 11.9 Å². The van der Waals surface area contributed by atoms with Crippen LogP contribution in [0.15, 0.2) is 24.4 Å². The highest BCUT2D eigenvalue weighted by molar-refractivity contribution is 5.53. The van der Waals surface area contributed by atoms with Crippen molar-refractivity contribution in [1.82, 2.24) is 15.5 Å². The summed E-state index contributed by atoms with van der Waals surface area (Å²) >= 11 is 0. The third kappa shape index (κ3) is 3.73. The minimum absolute atomic E-state index is 0.356. The Morgan fingerprint density at radius 1 is 1.24 bits per heavy atom. The van der Waals surface area contributed by atoms with E-state index in [0.29, 0.717) is 6.04 Å². The highest BCUT2D eigenvalue weighted by Crippen LogP contribution is 2.25. The van der Waals surface area contributed by atoms with Crippen LogP contribution in [-0.4, -0.2) is 42.4 Å². The maximum Gasteiger partial charge on any atom is 0.151 e. The Hall–Kier alpha value is -1.62. The zero-order valence-electron chi connectivity index (χ0n) is 12.6. The zero-order valence-corrected chi connectivity index (χ0v) is 12.6. The van der Waals surface area contributed by atoms with Crippen molar-refractivity contribution < 1.29 is 0 Å². The molecule has 1 aromatic rings. The second-order valence-electron chi connectivity index (χ2n) is 5.99. The van der Waals surface area contributed by atoms with Crippen LogP contribution in [0.3, 0.4) is 0 Å². The fourth-order valence-electron chi connectivity index (χ4n) is 3.14. The molecule has 5 nitrogen and oxygen atoms in total. The van der Waals surface area contributed by atoms with E-state index < -0.39 is 0 Å². The monoisotopic (exact) mass is 287 g/mol. The Morgan fingerprint density at radius 2 is 2.19 bits per heavy atom. The molecule has 1 aliphatic heterocycles. The van der Waals surface area contributed by atoms with Crippen LogP contribution in [0.4, 0.5) is 11.5 Å². The van der Waals surface area contributed by atoms with Crippen molar-refractivity contribution in [3.63, 3.8) is 0 Å². The Bertz CT molecular complexity index is 479. The minimum Gasteiger partial charge on any atom is -0.369 e. The molecule has 1 aromatic heterocycles. The summed E-state index contributed by atoms with van der Waals surface area (Å²) in [6.07, 6.45) is 7.85. The maximum absolute atomic E-state index is 4.24. The molecule has 1 saturated heterocycles. The van der Waals surface area contributed by atoms with E-state index in [-0.39, 0.29) is 0 Å². The summed E-state index contributed by atoms with van der Waals surface area (Å²) in [7, 11) is 0. The number of nitrogens with zero attached hydrogens (tertiary/aromatic N) is 3. The van der Waals surface area contributed by atoms with Crippen molar-refractivity contribution in [3.8, 4) is 0 Å². The van der Waals surface area contributed by atoms with Gasteiger partial charge in [0.15, 0.2) is 5.82 Å². The molecule has 2 heterocycles. The van der Waals surface area contributed by atoms with Crippen molar-refractivity contribution >= 4 is 11.5 Å². The molecule has 0 spiro atoms. The van der Waals surface area contributed by atoms with Crippen molar-refractivity contribution in [2.75, 3.05) is 36.4 Å². The summed E-state index contributed by atoms with van der Waals surface area (Å²) in [5, 5.41) is 15.4. The first-order valence-electron chi connectivity index (χ1n) is 8.05. The molecular weight excluding hydrogens is 262 g/mol. The fraction of sp³-hybridized carbons (Fsp3) is 0.625. The van der Waals surface area contributed by atoms with Gasteiger partial charge in [-0.15, -0.1) is 5.10 Å². The van der Waals surface area contributed by atoms with Gasteiger partial charge in [0.25, 0.3) is 0 Å². The van der Waals surface area contributed by atoms with Gasteiger partial charge in [0.1, 0.15) is 0 Å². The summed E-state index contributed by atoms with van der Waals surface area (Å²) in [4.78, 5) is 2.38. The summed E-state index contributed by atoms with van der Waals surface area (Å²) in [5.41, 5.74) is 2.46. The van der Waals surface area contributed by atoms with E-state index >= 15 is 0 Å². The van der Waals surface area contributed by atoms with Crippen molar-refractivity contribution in [2.45, 2.75) is 38.1 Å². The van der Waals surface area contributed by atoms with Crippen molar-refractivity contribution in [2.24, 2.45) is 0 Å². The largest absolute Gasteiger partial charge is 0.369 e. The highest BCUT2D eigenvalue weighted by atomic mass is 15.2. The molecule has 0 bridgehead atoms. The Balaban J connectivity index is 1.68. The predicted molar refractivity (Wildman–Crippen MR) is 86.8 cm³/mol. The third-order valence-electron chi connectivity index (χ3n) is 4.40. The van der Waals surface area contributed by atoms with Crippen LogP contribution in [0.5, 0.6) is 0 Å². The van der Waals surface area contributed by atoms with Crippen LogP contribution in [0.1, 0.15) is 32.1 Å².